The zero-order valence-electron chi connectivity index (χ0n) is 8.99. The lowest BCUT2D eigenvalue weighted by Crippen LogP contribution is -2.23. The van der Waals surface area contributed by atoms with Crippen molar-refractivity contribution in [2.24, 2.45) is 0 Å². The molecule has 0 bridgehead atoms. The summed E-state index contributed by atoms with van der Waals surface area (Å²) in [4.78, 5) is 0. The first-order chi connectivity index (χ1) is 6.84. The van der Waals surface area contributed by atoms with Gasteiger partial charge in [0.1, 0.15) is 0 Å². The van der Waals surface area contributed by atoms with Crippen molar-refractivity contribution in [2.45, 2.75) is 12.8 Å². The molecule has 0 saturated heterocycles. The van der Waals surface area contributed by atoms with Gasteiger partial charge >= 0.3 is 0 Å². The van der Waals surface area contributed by atoms with E-state index in [9.17, 15) is 0 Å². The van der Waals surface area contributed by atoms with Gasteiger partial charge in [0.2, 0.25) is 0 Å². The minimum atomic E-state index is 0.563. The van der Waals surface area contributed by atoms with Gasteiger partial charge < -0.3 is 10.1 Å². The van der Waals surface area contributed by atoms with Crippen LogP contribution in [0.3, 0.4) is 0 Å². The van der Waals surface area contributed by atoms with Gasteiger partial charge in [0.05, 0.1) is 6.61 Å². The second-order valence-electron chi connectivity index (χ2n) is 3.51. The zero-order valence-corrected chi connectivity index (χ0v) is 8.99. The molecular weight excluding hydrogens is 174 g/mol. The van der Waals surface area contributed by atoms with E-state index in [0.29, 0.717) is 5.92 Å². The summed E-state index contributed by atoms with van der Waals surface area (Å²) in [5.41, 5.74) is 1.39. The molecule has 0 amide bonds. The van der Waals surface area contributed by atoms with Gasteiger partial charge in [-0.2, -0.15) is 0 Å². The van der Waals surface area contributed by atoms with Crippen LogP contribution in [0.4, 0.5) is 0 Å². The predicted molar refractivity (Wildman–Crippen MR) is 59.6 cm³/mol. The van der Waals surface area contributed by atoms with Crippen LogP contribution in [0, 0.1) is 0 Å². The molecule has 0 heterocycles. The monoisotopic (exact) mass is 193 g/mol. The van der Waals surface area contributed by atoms with E-state index in [1.807, 2.05) is 0 Å². The fourth-order valence-electron chi connectivity index (χ4n) is 1.39. The Bertz CT molecular complexity index is 235. The number of benzene rings is 1. The van der Waals surface area contributed by atoms with Gasteiger partial charge in [0.15, 0.2) is 0 Å². The van der Waals surface area contributed by atoms with Crippen molar-refractivity contribution in [1.82, 2.24) is 5.32 Å². The Hall–Kier alpha value is -0.860. The first-order valence-corrected chi connectivity index (χ1v) is 5.09. The van der Waals surface area contributed by atoms with Crippen LogP contribution in [0.1, 0.15) is 18.4 Å². The van der Waals surface area contributed by atoms with Crippen molar-refractivity contribution in [1.29, 1.82) is 0 Å². The summed E-state index contributed by atoms with van der Waals surface area (Å²) in [5, 5.41) is 3.36. The Morgan fingerprint density at radius 2 is 2.00 bits per heavy atom. The molecule has 0 unspecified atom stereocenters. The summed E-state index contributed by atoms with van der Waals surface area (Å²) in [6, 6.07) is 10.6. The maximum atomic E-state index is 4.97. The molecule has 14 heavy (non-hydrogen) atoms. The van der Waals surface area contributed by atoms with Crippen LogP contribution in [0.15, 0.2) is 30.3 Å². The normalized spacial score (nSPS) is 12.7. The number of methoxy groups -OCH3 is 1. The molecule has 1 atom stereocenters. The molecule has 0 aromatic heterocycles. The summed E-state index contributed by atoms with van der Waals surface area (Å²) < 4.78 is 4.97. The summed E-state index contributed by atoms with van der Waals surface area (Å²) >= 11 is 0. The lowest BCUT2D eigenvalue weighted by molar-refractivity contribution is 0.199. The smallest absolute Gasteiger partial charge is 0.0587 e. The molecule has 0 radical (unpaired) electrons. The molecule has 0 aliphatic rings. The van der Waals surface area contributed by atoms with Crippen LogP contribution in [-0.2, 0) is 4.74 Å². The van der Waals surface area contributed by atoms with Gasteiger partial charge in [-0.25, -0.2) is 0 Å². The molecule has 0 spiro atoms. The van der Waals surface area contributed by atoms with E-state index in [-0.39, 0.29) is 0 Å². The molecule has 1 aromatic carbocycles. The molecule has 1 N–H and O–H groups in total. The third-order valence-electron chi connectivity index (χ3n) is 2.30. The van der Waals surface area contributed by atoms with Crippen LogP contribution in [0.5, 0.6) is 0 Å². The van der Waals surface area contributed by atoms with Crippen molar-refractivity contribution < 1.29 is 4.74 Å². The largest absolute Gasteiger partial charge is 0.383 e. The first-order valence-electron chi connectivity index (χ1n) is 5.09. The van der Waals surface area contributed by atoms with Crippen molar-refractivity contribution in [3.05, 3.63) is 35.9 Å². The van der Waals surface area contributed by atoms with Crippen LogP contribution < -0.4 is 5.32 Å². The fourth-order valence-corrected chi connectivity index (χ4v) is 1.39. The maximum absolute atomic E-state index is 4.97. The molecule has 2 heteroatoms. The highest BCUT2D eigenvalue weighted by molar-refractivity contribution is 5.18. The van der Waals surface area contributed by atoms with E-state index in [2.05, 4.69) is 42.6 Å². The molecule has 2 nitrogen and oxygen atoms in total. The Kier molecular flexibility index (Phi) is 5.27. The second-order valence-corrected chi connectivity index (χ2v) is 3.51. The SMILES string of the molecule is COCCNC[C@H](C)c1ccccc1. The maximum Gasteiger partial charge on any atom is 0.0587 e. The van der Waals surface area contributed by atoms with Gasteiger partial charge in [-0.1, -0.05) is 37.3 Å². The highest BCUT2D eigenvalue weighted by Gasteiger charge is 2.02. The van der Waals surface area contributed by atoms with E-state index < -0.39 is 0 Å². The summed E-state index contributed by atoms with van der Waals surface area (Å²) in [6.45, 7) is 4.94. The topological polar surface area (TPSA) is 21.3 Å². The molecule has 78 valence electrons. The number of rotatable bonds is 6. The number of hydrogen-bond donors (Lipinski definition) is 1. The molecule has 0 aliphatic heterocycles. The van der Waals surface area contributed by atoms with Crippen LogP contribution >= 0.6 is 0 Å². The van der Waals surface area contributed by atoms with E-state index in [1.165, 1.54) is 5.56 Å². The van der Waals surface area contributed by atoms with Crippen molar-refractivity contribution in [3.63, 3.8) is 0 Å². The molecule has 1 rings (SSSR count). The Morgan fingerprint density at radius 1 is 1.29 bits per heavy atom. The highest BCUT2D eigenvalue weighted by Crippen LogP contribution is 2.12. The highest BCUT2D eigenvalue weighted by atomic mass is 16.5. The van der Waals surface area contributed by atoms with Gasteiger partial charge in [0, 0.05) is 20.2 Å². The third kappa shape index (κ3) is 3.90. The standard InChI is InChI=1S/C12H19NO/c1-11(10-13-8-9-14-2)12-6-4-3-5-7-12/h3-7,11,13H,8-10H2,1-2H3/t11-/m0/s1. The fraction of sp³-hybridized carbons (Fsp3) is 0.500. The number of ether oxygens (including phenoxy) is 1. The molecule has 1 aromatic rings. The number of nitrogens with one attached hydrogen (secondary N) is 1. The van der Waals surface area contributed by atoms with Gasteiger partial charge in [-0.15, -0.1) is 0 Å². The minimum Gasteiger partial charge on any atom is -0.383 e. The third-order valence-corrected chi connectivity index (χ3v) is 2.30. The first kappa shape index (κ1) is 11.2. The summed E-state index contributed by atoms with van der Waals surface area (Å²) in [6.07, 6.45) is 0. The molecule has 0 fully saturated rings. The lowest BCUT2D eigenvalue weighted by atomic mass is 10.0. The zero-order chi connectivity index (χ0) is 10.2. The van der Waals surface area contributed by atoms with E-state index in [4.69, 9.17) is 4.74 Å². The van der Waals surface area contributed by atoms with Crippen LogP contribution in [0.25, 0.3) is 0 Å². The van der Waals surface area contributed by atoms with Crippen molar-refractivity contribution in [3.8, 4) is 0 Å². The molecular formula is C12H19NO. The average Bonchev–Trinajstić information content (AvgIpc) is 2.25. The van der Waals surface area contributed by atoms with Gasteiger partial charge in [0.25, 0.3) is 0 Å². The molecule has 0 aliphatic carbocycles. The van der Waals surface area contributed by atoms with Crippen LogP contribution in [-0.4, -0.2) is 26.8 Å². The van der Waals surface area contributed by atoms with E-state index in [1.54, 1.807) is 7.11 Å². The summed E-state index contributed by atoms with van der Waals surface area (Å²) in [5.74, 6) is 0.563. The van der Waals surface area contributed by atoms with Crippen molar-refractivity contribution in [2.75, 3.05) is 26.8 Å². The summed E-state index contributed by atoms with van der Waals surface area (Å²) in [7, 11) is 1.72. The van der Waals surface area contributed by atoms with Gasteiger partial charge in [-0.05, 0) is 11.5 Å². The van der Waals surface area contributed by atoms with Crippen molar-refractivity contribution >= 4 is 0 Å². The number of hydrogen-bond acceptors (Lipinski definition) is 2. The van der Waals surface area contributed by atoms with E-state index in [0.717, 1.165) is 19.7 Å². The Labute approximate surface area is 86.3 Å². The lowest BCUT2D eigenvalue weighted by Gasteiger charge is -2.12. The Balaban J connectivity index is 2.25. The predicted octanol–water partition coefficient (Wildman–Crippen LogP) is 2.03. The average molecular weight is 193 g/mol. The minimum absolute atomic E-state index is 0.563. The molecule has 0 saturated carbocycles. The van der Waals surface area contributed by atoms with E-state index >= 15 is 0 Å². The van der Waals surface area contributed by atoms with Gasteiger partial charge in [-0.3, -0.25) is 0 Å². The Morgan fingerprint density at radius 3 is 2.64 bits per heavy atom. The van der Waals surface area contributed by atoms with Crippen LogP contribution in [0.2, 0.25) is 0 Å². The second kappa shape index (κ2) is 6.57. The quantitative estimate of drug-likeness (QED) is 0.698.